The SMILES string of the molecule is C[C@H]1CC[C@H]([C@@H](C)[C@H]2CC[C@H]3[C@H]4CC=C5C[C@@H](O)CC[C@]5(C)[C@H]4CC[C@]23C)NC1. The Morgan fingerprint density at radius 2 is 1.86 bits per heavy atom. The molecule has 3 saturated carbocycles. The van der Waals surface area contributed by atoms with Gasteiger partial charge >= 0.3 is 0 Å². The Balaban J connectivity index is 1.36. The summed E-state index contributed by atoms with van der Waals surface area (Å²) >= 11 is 0. The third-order valence-corrected chi connectivity index (χ3v) is 11.1. The number of hydrogen-bond acceptors (Lipinski definition) is 2. The Morgan fingerprint density at radius 1 is 1.03 bits per heavy atom. The smallest absolute Gasteiger partial charge is 0.0577 e. The fraction of sp³-hybridized carbons (Fsp3) is 0.926. The minimum absolute atomic E-state index is 0.0813. The Bertz CT molecular complexity index is 649. The fourth-order valence-corrected chi connectivity index (χ4v) is 9.30. The maximum Gasteiger partial charge on any atom is 0.0577 e. The Kier molecular flexibility index (Phi) is 5.22. The second-order valence-electron chi connectivity index (χ2n) is 12.4. The third-order valence-electron chi connectivity index (χ3n) is 11.1. The highest BCUT2D eigenvalue weighted by Gasteiger charge is 2.59. The van der Waals surface area contributed by atoms with Crippen molar-refractivity contribution in [2.24, 2.45) is 46.3 Å². The lowest BCUT2D eigenvalue weighted by molar-refractivity contribution is -0.0598. The Hall–Kier alpha value is -0.340. The lowest BCUT2D eigenvalue weighted by atomic mass is 9.47. The van der Waals surface area contributed by atoms with Crippen molar-refractivity contribution in [2.45, 2.75) is 104 Å². The maximum atomic E-state index is 10.2. The van der Waals surface area contributed by atoms with E-state index >= 15 is 0 Å². The summed E-state index contributed by atoms with van der Waals surface area (Å²) < 4.78 is 0. The standard InChI is InChI=1S/C27H45NO/c1-17-5-10-25(28-16-17)18(2)22-8-9-23-21-7-6-19-15-20(29)11-13-26(19,3)24(21)12-14-27(22,23)4/h6,17-18,20-25,28-29H,5,7-16H2,1-4H3/t17-,18-,20-,21+,22+,23-,24-,25+,26-,27+/m0/s1. The van der Waals surface area contributed by atoms with Gasteiger partial charge in [-0.3, -0.25) is 0 Å². The zero-order valence-corrected chi connectivity index (χ0v) is 19.4. The maximum absolute atomic E-state index is 10.2. The van der Waals surface area contributed by atoms with E-state index in [1.165, 1.54) is 57.9 Å². The molecule has 0 aromatic carbocycles. The highest BCUT2D eigenvalue weighted by Crippen LogP contribution is 2.67. The first-order chi connectivity index (χ1) is 13.8. The third kappa shape index (κ3) is 3.18. The number of allylic oxidation sites excluding steroid dienone is 1. The Labute approximate surface area is 179 Å². The largest absolute Gasteiger partial charge is 0.393 e. The van der Waals surface area contributed by atoms with Crippen molar-refractivity contribution in [3.8, 4) is 0 Å². The summed E-state index contributed by atoms with van der Waals surface area (Å²) in [6.45, 7) is 11.5. The molecule has 5 rings (SSSR count). The number of rotatable bonds is 2. The summed E-state index contributed by atoms with van der Waals surface area (Å²) in [6.07, 6.45) is 15.6. The zero-order valence-electron chi connectivity index (χ0n) is 19.4. The molecule has 5 aliphatic rings. The van der Waals surface area contributed by atoms with Gasteiger partial charge in [-0.15, -0.1) is 0 Å². The molecular formula is C27H45NO. The van der Waals surface area contributed by atoms with Gasteiger partial charge in [0.2, 0.25) is 0 Å². The topological polar surface area (TPSA) is 32.3 Å². The van der Waals surface area contributed by atoms with Crippen LogP contribution in [0.1, 0.15) is 91.9 Å². The van der Waals surface area contributed by atoms with E-state index in [9.17, 15) is 5.11 Å². The molecule has 0 aromatic heterocycles. The van der Waals surface area contributed by atoms with Crippen molar-refractivity contribution < 1.29 is 5.11 Å². The minimum atomic E-state index is -0.0813. The normalized spacial score (nSPS) is 53.4. The van der Waals surface area contributed by atoms with Gasteiger partial charge < -0.3 is 10.4 Å². The molecule has 0 spiro atoms. The summed E-state index contributed by atoms with van der Waals surface area (Å²) in [4.78, 5) is 0. The molecule has 4 fully saturated rings. The van der Waals surface area contributed by atoms with Crippen molar-refractivity contribution >= 4 is 0 Å². The van der Waals surface area contributed by atoms with Gasteiger partial charge in [-0.05, 0) is 117 Å². The van der Waals surface area contributed by atoms with Gasteiger partial charge in [0.25, 0.3) is 0 Å². The lowest BCUT2D eigenvalue weighted by Gasteiger charge is -2.58. The molecule has 0 unspecified atom stereocenters. The average Bonchev–Trinajstić information content (AvgIpc) is 3.06. The molecule has 0 bridgehead atoms. The van der Waals surface area contributed by atoms with Gasteiger partial charge in [0.15, 0.2) is 0 Å². The predicted molar refractivity (Wildman–Crippen MR) is 121 cm³/mol. The fourth-order valence-electron chi connectivity index (χ4n) is 9.30. The molecular weight excluding hydrogens is 354 g/mol. The van der Waals surface area contributed by atoms with Crippen molar-refractivity contribution in [2.75, 3.05) is 6.54 Å². The van der Waals surface area contributed by atoms with E-state index in [0.717, 1.165) is 54.4 Å². The first-order valence-electron chi connectivity index (χ1n) is 12.9. The van der Waals surface area contributed by atoms with Crippen LogP contribution >= 0.6 is 0 Å². The van der Waals surface area contributed by atoms with Gasteiger partial charge in [-0.1, -0.05) is 39.3 Å². The average molecular weight is 400 g/mol. The molecule has 164 valence electrons. The van der Waals surface area contributed by atoms with Crippen molar-refractivity contribution in [3.63, 3.8) is 0 Å². The molecule has 29 heavy (non-hydrogen) atoms. The molecule has 0 radical (unpaired) electrons. The summed E-state index contributed by atoms with van der Waals surface area (Å²) in [5.74, 6) is 5.29. The van der Waals surface area contributed by atoms with E-state index in [2.05, 4.69) is 39.1 Å². The van der Waals surface area contributed by atoms with Crippen molar-refractivity contribution in [1.29, 1.82) is 0 Å². The number of nitrogens with one attached hydrogen (secondary N) is 1. The monoisotopic (exact) mass is 399 g/mol. The van der Waals surface area contributed by atoms with Crippen LogP contribution in [0.25, 0.3) is 0 Å². The number of fused-ring (bicyclic) bond motifs is 5. The van der Waals surface area contributed by atoms with Crippen LogP contribution in [0.5, 0.6) is 0 Å². The van der Waals surface area contributed by atoms with Gasteiger partial charge in [0, 0.05) is 6.04 Å². The molecule has 2 heteroatoms. The molecule has 1 heterocycles. The summed E-state index contributed by atoms with van der Waals surface area (Å²) in [6, 6.07) is 0.750. The second kappa shape index (κ2) is 7.37. The van der Waals surface area contributed by atoms with E-state index < -0.39 is 0 Å². The highest BCUT2D eigenvalue weighted by atomic mass is 16.3. The second-order valence-corrected chi connectivity index (χ2v) is 12.4. The molecule has 2 N–H and O–H groups in total. The van der Waals surface area contributed by atoms with Gasteiger partial charge in [0.1, 0.15) is 0 Å². The van der Waals surface area contributed by atoms with Crippen LogP contribution in [0.4, 0.5) is 0 Å². The van der Waals surface area contributed by atoms with E-state index in [1.807, 2.05) is 0 Å². The van der Waals surface area contributed by atoms with Crippen LogP contribution in [-0.2, 0) is 0 Å². The van der Waals surface area contributed by atoms with Gasteiger partial charge in [0.05, 0.1) is 6.10 Å². The van der Waals surface area contributed by atoms with Crippen LogP contribution in [0, 0.1) is 46.3 Å². The van der Waals surface area contributed by atoms with Crippen LogP contribution < -0.4 is 5.32 Å². The quantitative estimate of drug-likeness (QED) is 0.562. The molecule has 1 aliphatic heterocycles. The van der Waals surface area contributed by atoms with Gasteiger partial charge in [-0.2, -0.15) is 0 Å². The van der Waals surface area contributed by atoms with Crippen LogP contribution in [0.2, 0.25) is 0 Å². The first-order valence-corrected chi connectivity index (χ1v) is 12.9. The molecule has 10 atom stereocenters. The van der Waals surface area contributed by atoms with Gasteiger partial charge in [-0.25, -0.2) is 0 Å². The molecule has 4 aliphatic carbocycles. The molecule has 0 amide bonds. The number of aliphatic hydroxyl groups excluding tert-OH is 1. The highest BCUT2D eigenvalue weighted by molar-refractivity contribution is 5.25. The number of hydrogen-bond donors (Lipinski definition) is 2. The first kappa shape index (κ1) is 20.6. The van der Waals surface area contributed by atoms with E-state index in [0.29, 0.717) is 10.8 Å². The Morgan fingerprint density at radius 3 is 2.62 bits per heavy atom. The predicted octanol–water partition coefficient (Wildman–Crippen LogP) is 5.95. The van der Waals surface area contributed by atoms with Crippen LogP contribution in [0.3, 0.4) is 0 Å². The van der Waals surface area contributed by atoms with Crippen molar-refractivity contribution in [1.82, 2.24) is 5.32 Å². The molecule has 2 nitrogen and oxygen atoms in total. The zero-order chi connectivity index (χ0) is 20.4. The lowest BCUT2D eigenvalue weighted by Crippen LogP contribution is -2.52. The van der Waals surface area contributed by atoms with E-state index in [1.54, 1.807) is 5.57 Å². The van der Waals surface area contributed by atoms with E-state index in [-0.39, 0.29) is 6.10 Å². The van der Waals surface area contributed by atoms with Crippen LogP contribution in [-0.4, -0.2) is 23.8 Å². The number of piperidine rings is 1. The summed E-state index contributed by atoms with van der Waals surface area (Å²) in [5.41, 5.74) is 2.56. The summed E-state index contributed by atoms with van der Waals surface area (Å²) in [5, 5.41) is 14.2. The number of aliphatic hydroxyl groups is 1. The molecule has 0 aromatic rings. The van der Waals surface area contributed by atoms with Crippen molar-refractivity contribution in [3.05, 3.63) is 11.6 Å². The van der Waals surface area contributed by atoms with Crippen LogP contribution in [0.15, 0.2) is 11.6 Å². The van der Waals surface area contributed by atoms with E-state index in [4.69, 9.17) is 0 Å². The molecule has 1 saturated heterocycles. The summed E-state index contributed by atoms with van der Waals surface area (Å²) in [7, 11) is 0. The minimum Gasteiger partial charge on any atom is -0.393 e.